The predicted octanol–water partition coefficient (Wildman–Crippen LogP) is 35.6. The Bertz CT molecular complexity index is 6090. The van der Waals surface area contributed by atoms with Gasteiger partial charge in [-0.25, -0.2) is 14.8 Å². The summed E-state index contributed by atoms with van der Waals surface area (Å²) in [5.41, 5.74) is 18.3. The van der Waals surface area contributed by atoms with Crippen LogP contribution in [0.4, 0.5) is 17.1 Å². The van der Waals surface area contributed by atoms with Crippen LogP contribution in [0.25, 0.3) is 113 Å². The molecule has 0 aliphatic carbocycles. The van der Waals surface area contributed by atoms with Gasteiger partial charge in [-0.3, -0.25) is 0 Å². The van der Waals surface area contributed by atoms with E-state index in [0.29, 0.717) is 160 Å². The number of unbranched alkanes of at least 4 members (excludes halogenated alkanes) is 32. The number of fused-ring (bicyclic) bond motifs is 9. The van der Waals surface area contributed by atoms with Gasteiger partial charge in [0.1, 0.15) is 57.0 Å². The van der Waals surface area contributed by atoms with Crippen molar-refractivity contribution in [3.8, 4) is 113 Å². The molecule has 19 heteroatoms. The zero-order valence-electron chi connectivity index (χ0n) is 88.4. The van der Waals surface area contributed by atoms with Gasteiger partial charge in [-0.1, -0.05) is 352 Å². The fourth-order valence-corrected chi connectivity index (χ4v) is 19.6. The summed E-state index contributed by atoms with van der Waals surface area (Å²) in [4.78, 5) is 38.5. The minimum atomic E-state index is -0.998. The Kier molecular flexibility index (Phi) is 46.5. The maximum Gasteiger partial charge on any atom is 2.00 e. The first-order chi connectivity index (χ1) is 71.5. The summed E-state index contributed by atoms with van der Waals surface area (Å²) in [5.74, 6) is 12.2. The monoisotopic (exact) mass is 2030 g/mol. The molecule has 0 spiro atoms. The van der Waals surface area contributed by atoms with Crippen LogP contribution in [0.5, 0.6) is 46.0 Å². The van der Waals surface area contributed by atoms with E-state index >= 15 is 0 Å². The van der Waals surface area contributed by atoms with Crippen molar-refractivity contribution >= 4 is 92.2 Å². The zero-order valence-corrected chi connectivity index (χ0v) is 92.2. The van der Waals surface area contributed by atoms with Gasteiger partial charge < -0.3 is 57.9 Å². The second kappa shape index (κ2) is 61.0. The van der Waals surface area contributed by atoms with Crippen molar-refractivity contribution in [3.63, 3.8) is 0 Å². The molecular formula is C127H155N7O10SZn. The Morgan fingerprint density at radius 2 is 0.630 bits per heavy atom. The number of benzene rings is 8. The Balaban J connectivity index is 0.0000178. The molecule has 14 rings (SSSR count). The fraction of sp³-hybridized carbons (Fsp3) is 0.441. The molecule has 0 saturated carbocycles. The minimum absolute atomic E-state index is 0. The number of carboxylic acids is 1. The van der Waals surface area contributed by atoms with E-state index in [0.717, 1.165) is 283 Å². The van der Waals surface area contributed by atoms with Gasteiger partial charge in [0.25, 0.3) is 0 Å². The van der Waals surface area contributed by atoms with E-state index in [1.54, 1.807) is 12.1 Å². The summed E-state index contributed by atoms with van der Waals surface area (Å²) in [6, 6.07) is 62.1. The number of carboxylic acid groups (broad SMARTS) is 1. The number of aromatic nitrogens is 6. The van der Waals surface area contributed by atoms with Crippen LogP contribution < -0.4 is 52.8 Å². The number of hydrogen-bond donors (Lipinski definition) is 1. The Morgan fingerprint density at radius 1 is 0.308 bits per heavy atom. The van der Waals surface area contributed by atoms with Gasteiger partial charge in [0, 0.05) is 56.9 Å². The molecule has 4 aromatic heterocycles. The number of anilines is 3. The molecule has 2 aliphatic heterocycles. The molecule has 0 fully saturated rings. The van der Waals surface area contributed by atoms with Crippen molar-refractivity contribution in [1.29, 1.82) is 0 Å². The normalized spacial score (nSPS) is 11.5. The zero-order chi connectivity index (χ0) is 101. The fourth-order valence-electron chi connectivity index (χ4n) is 19.1. The van der Waals surface area contributed by atoms with Crippen LogP contribution in [0, 0.1) is 11.8 Å². The van der Waals surface area contributed by atoms with Crippen LogP contribution in [0.3, 0.4) is 0 Å². The summed E-state index contributed by atoms with van der Waals surface area (Å²) < 4.78 is 65.5. The van der Waals surface area contributed by atoms with E-state index in [1.807, 2.05) is 24.3 Å². The van der Waals surface area contributed by atoms with E-state index in [4.69, 9.17) is 66.6 Å². The first-order valence-electron chi connectivity index (χ1n) is 55.3. The van der Waals surface area contributed by atoms with Gasteiger partial charge in [-0.05, 0) is 183 Å². The van der Waals surface area contributed by atoms with Crippen molar-refractivity contribution in [2.24, 2.45) is 0 Å². The van der Waals surface area contributed by atoms with E-state index in [2.05, 4.69) is 242 Å². The third kappa shape index (κ3) is 31.6. The van der Waals surface area contributed by atoms with E-state index in [1.165, 1.54) is 64.2 Å². The number of ether oxygens (including phenoxy) is 8. The Hall–Kier alpha value is -12.0. The number of aromatic carboxylic acids is 1. The Labute approximate surface area is 886 Å². The summed E-state index contributed by atoms with van der Waals surface area (Å²) in [6.45, 7) is 22.4. The van der Waals surface area contributed by atoms with Gasteiger partial charge in [-0.2, -0.15) is 8.75 Å². The van der Waals surface area contributed by atoms with Crippen LogP contribution in [0.15, 0.2) is 182 Å². The second-order valence-electron chi connectivity index (χ2n) is 38.7. The van der Waals surface area contributed by atoms with Crippen LogP contribution >= 0.6 is 11.7 Å². The van der Waals surface area contributed by atoms with Gasteiger partial charge >= 0.3 is 25.4 Å². The third-order valence-corrected chi connectivity index (χ3v) is 27.8. The van der Waals surface area contributed by atoms with Crippen molar-refractivity contribution < 1.29 is 67.3 Å². The summed E-state index contributed by atoms with van der Waals surface area (Å²) in [7, 11) is 0. The average Bonchev–Trinajstić information content (AvgIpc) is 1.74. The van der Waals surface area contributed by atoms with Gasteiger partial charge in [-0.15, -0.1) is 22.1 Å². The molecule has 0 atom stereocenters. The van der Waals surface area contributed by atoms with E-state index < -0.39 is 5.97 Å². The molecular weight excluding hydrogens is 1880 g/mol. The molecule has 0 amide bonds. The smallest absolute Gasteiger partial charge is 0.656 e. The molecule has 0 saturated heterocycles. The number of carbonyl (C=O) groups is 1. The van der Waals surface area contributed by atoms with Crippen molar-refractivity contribution in [1.82, 2.24) is 28.7 Å². The molecule has 766 valence electrons. The quantitative estimate of drug-likeness (QED) is 0.0215. The SMILES string of the molecule is CCCCCCCCOc1cccc(OCCCCCCCC)c1-c1c2nc(c(N(c3ccc(-c4ccc(OCCCCCC)cc4OCCCCCC)cc3)c3ccc(-c4ccc(OCCCCCC)cc4OCCCCCC)cc3)c3ccc([n-]3)c(-c3c(OCCCCCCCC)cccc3OCCCCCCCC)c3nc(c(C#Cc4ccc(-c5ccc(C(=O)O)cc5)c5nsnc45)c4ccc1[n-]4)C=C3)C=C2.[Zn+2]. The molecule has 146 heavy (non-hydrogen) atoms. The van der Waals surface area contributed by atoms with Crippen molar-refractivity contribution in [2.45, 2.75) is 312 Å². The summed E-state index contributed by atoms with van der Waals surface area (Å²) in [6.07, 6.45) is 52.2. The standard InChI is InChI=1S/C127H156N7O10S.Zn/c1-9-17-25-33-37-45-85-139-114-51-49-52-115(140-86-46-38-34-26-18-10-2)122(114)120-108-77-75-106(128-108)105(72-64-96-63-71-104(125-124(96)132-145-133-125)95-55-57-97(58-56-95)127(135)136)107-76-78-109(129-107)121(123-116(141-87-47-39-35-27-19-11-3)53-50-54-117(123)142-88-48-40-36-28-20-12-4)111-80-82-113(131-111)126(112-81-79-110(120)130-112)134(98-65-59-93(60-66-98)102-73-69-100(137-83-41-29-21-13-5)91-118(102)143-89-43-31-23-15-7)99-67-61-94(62-68-99)103-74-70-101(138-84-42-30-22-14-6)92-119(103)144-90-44-32-24-16-8;/h49-63,65-71,73-82,91-92H,9-48,83-90H2,1-8H3,(H2-,128,129,130,131,132,133,135,136);/q-1;+2/p-1. The largest absolute Gasteiger partial charge is 2.00 e. The Morgan fingerprint density at radius 3 is 1.04 bits per heavy atom. The predicted molar refractivity (Wildman–Crippen MR) is 603 cm³/mol. The van der Waals surface area contributed by atoms with E-state index in [-0.39, 0.29) is 25.0 Å². The van der Waals surface area contributed by atoms with Crippen molar-refractivity contribution in [3.05, 3.63) is 221 Å². The molecule has 17 nitrogen and oxygen atoms in total. The summed E-state index contributed by atoms with van der Waals surface area (Å²) >= 11 is 1.11. The first-order valence-corrected chi connectivity index (χ1v) is 56.0. The maximum atomic E-state index is 12.1. The molecule has 0 unspecified atom stereocenters. The van der Waals surface area contributed by atoms with Crippen LogP contribution in [0.1, 0.15) is 356 Å². The molecule has 1 N–H and O–H groups in total. The number of nitrogens with zero attached hydrogens (tertiary/aromatic N) is 7. The molecule has 6 heterocycles. The molecule has 12 aromatic rings. The minimum Gasteiger partial charge on any atom is -0.656 e. The third-order valence-electron chi connectivity index (χ3n) is 27.3. The van der Waals surface area contributed by atoms with Gasteiger partial charge in [0.15, 0.2) is 0 Å². The van der Waals surface area contributed by atoms with Crippen LogP contribution in [-0.4, -0.2) is 82.6 Å². The maximum absolute atomic E-state index is 12.1. The van der Waals surface area contributed by atoms with Crippen molar-refractivity contribution in [2.75, 3.05) is 57.8 Å². The molecule has 0 radical (unpaired) electrons. The topological polar surface area (TPSA) is 194 Å². The number of hydrogen-bond acceptors (Lipinski definition) is 15. The van der Waals surface area contributed by atoms with E-state index in [9.17, 15) is 9.90 Å². The molecule has 8 bridgehead atoms. The first kappa shape index (κ1) is 111. The average molecular weight is 2040 g/mol. The summed E-state index contributed by atoms with van der Waals surface area (Å²) in [5, 5.41) is 9.93. The second-order valence-corrected chi connectivity index (χ2v) is 39.2. The van der Waals surface area contributed by atoms with Crippen LogP contribution in [-0.2, 0) is 19.5 Å². The van der Waals surface area contributed by atoms with Crippen LogP contribution in [0.2, 0.25) is 0 Å². The molecule has 8 aromatic carbocycles. The molecule has 2 aliphatic rings. The van der Waals surface area contributed by atoms with Gasteiger partial charge in [0.2, 0.25) is 0 Å². The number of rotatable bonds is 65. The van der Waals surface area contributed by atoms with Gasteiger partial charge in [0.05, 0.1) is 115 Å².